The Morgan fingerprint density at radius 1 is 1.33 bits per heavy atom. The summed E-state index contributed by atoms with van der Waals surface area (Å²) in [6.07, 6.45) is 3.30. The monoisotopic (exact) mass is 364 g/mol. The van der Waals surface area contributed by atoms with Crippen LogP contribution in [0.15, 0.2) is 46.6 Å². The molecule has 0 aliphatic carbocycles. The van der Waals surface area contributed by atoms with Crippen LogP contribution in [-0.4, -0.2) is 17.5 Å². The van der Waals surface area contributed by atoms with E-state index in [0.717, 1.165) is 15.8 Å². The largest absolute Gasteiger partial charge is 0.488 e. The molecule has 21 heavy (non-hydrogen) atoms. The summed E-state index contributed by atoms with van der Waals surface area (Å²) >= 11 is 9.16. The topological polar surface area (TPSA) is 51.2 Å². The fraction of sp³-hybridized carbons (Fsp3) is 0.0667. The maximum Gasteiger partial charge on any atom is 0.256 e. The molecule has 1 aromatic heterocycles. The SMILES string of the molecule is O=C(Nc1ccc(Cl)cn1)C1=Cc2cc(Br)ccc2OC1. The summed E-state index contributed by atoms with van der Waals surface area (Å²) < 4.78 is 6.51. The average Bonchev–Trinajstić information content (AvgIpc) is 2.48. The van der Waals surface area contributed by atoms with Gasteiger partial charge in [0.1, 0.15) is 18.2 Å². The van der Waals surface area contributed by atoms with Crippen molar-refractivity contribution in [2.24, 2.45) is 0 Å². The number of hydrogen-bond acceptors (Lipinski definition) is 3. The van der Waals surface area contributed by atoms with Gasteiger partial charge in [-0.25, -0.2) is 4.98 Å². The van der Waals surface area contributed by atoms with E-state index in [4.69, 9.17) is 16.3 Å². The highest BCUT2D eigenvalue weighted by Crippen LogP contribution is 2.29. The van der Waals surface area contributed by atoms with Crippen LogP contribution >= 0.6 is 27.5 Å². The number of halogens is 2. The van der Waals surface area contributed by atoms with E-state index in [-0.39, 0.29) is 12.5 Å². The van der Waals surface area contributed by atoms with Gasteiger partial charge in [0.15, 0.2) is 0 Å². The molecule has 1 aromatic carbocycles. The van der Waals surface area contributed by atoms with Gasteiger partial charge in [-0.1, -0.05) is 27.5 Å². The second-order valence-electron chi connectivity index (χ2n) is 4.46. The van der Waals surface area contributed by atoms with Gasteiger partial charge < -0.3 is 10.1 Å². The maximum absolute atomic E-state index is 12.2. The van der Waals surface area contributed by atoms with Crippen LogP contribution in [0.4, 0.5) is 5.82 Å². The highest BCUT2D eigenvalue weighted by atomic mass is 79.9. The molecule has 0 saturated heterocycles. The minimum Gasteiger partial charge on any atom is -0.488 e. The lowest BCUT2D eigenvalue weighted by molar-refractivity contribution is -0.113. The molecule has 4 nitrogen and oxygen atoms in total. The van der Waals surface area contributed by atoms with Crippen LogP contribution in [0, 0.1) is 0 Å². The number of fused-ring (bicyclic) bond motifs is 1. The zero-order valence-corrected chi connectivity index (χ0v) is 13.1. The van der Waals surface area contributed by atoms with Crippen molar-refractivity contribution in [3.63, 3.8) is 0 Å². The van der Waals surface area contributed by atoms with E-state index in [0.29, 0.717) is 16.4 Å². The molecule has 2 aromatic rings. The molecule has 1 aliphatic heterocycles. The smallest absolute Gasteiger partial charge is 0.256 e. The van der Waals surface area contributed by atoms with Gasteiger partial charge in [0.25, 0.3) is 5.91 Å². The van der Waals surface area contributed by atoms with E-state index in [1.165, 1.54) is 6.20 Å². The number of carbonyl (C=O) groups excluding carboxylic acids is 1. The Kier molecular flexibility index (Phi) is 3.94. The number of amides is 1. The zero-order valence-electron chi connectivity index (χ0n) is 10.8. The van der Waals surface area contributed by atoms with Crippen LogP contribution < -0.4 is 10.1 Å². The number of anilines is 1. The van der Waals surface area contributed by atoms with E-state index < -0.39 is 0 Å². The van der Waals surface area contributed by atoms with Crippen molar-refractivity contribution < 1.29 is 9.53 Å². The van der Waals surface area contributed by atoms with E-state index in [2.05, 4.69) is 26.2 Å². The predicted octanol–water partition coefficient (Wildman–Crippen LogP) is 3.91. The molecule has 0 radical (unpaired) electrons. The summed E-state index contributed by atoms with van der Waals surface area (Å²) in [7, 11) is 0. The number of aromatic nitrogens is 1. The molecule has 6 heteroatoms. The van der Waals surface area contributed by atoms with Crippen LogP contribution in [0.2, 0.25) is 5.02 Å². The fourth-order valence-corrected chi connectivity index (χ4v) is 2.42. The van der Waals surface area contributed by atoms with Crippen molar-refractivity contribution >= 4 is 45.3 Å². The minimum absolute atomic E-state index is 0.230. The first-order valence-corrected chi connectivity index (χ1v) is 7.35. The summed E-state index contributed by atoms with van der Waals surface area (Å²) in [5.74, 6) is 0.972. The lowest BCUT2D eigenvalue weighted by Gasteiger charge is -2.17. The van der Waals surface area contributed by atoms with Crippen molar-refractivity contribution in [1.29, 1.82) is 0 Å². The lowest BCUT2D eigenvalue weighted by atomic mass is 10.1. The lowest BCUT2D eigenvalue weighted by Crippen LogP contribution is -2.21. The number of benzene rings is 1. The number of pyridine rings is 1. The summed E-state index contributed by atoms with van der Waals surface area (Å²) in [4.78, 5) is 16.2. The molecule has 106 valence electrons. The molecule has 0 bridgehead atoms. The summed E-state index contributed by atoms with van der Waals surface area (Å²) in [6.45, 7) is 0.230. The molecule has 0 atom stereocenters. The molecular weight excluding hydrogens is 356 g/mol. The van der Waals surface area contributed by atoms with Gasteiger partial charge in [0, 0.05) is 16.2 Å². The van der Waals surface area contributed by atoms with Gasteiger partial charge in [0.05, 0.1) is 10.6 Å². The van der Waals surface area contributed by atoms with Crippen molar-refractivity contribution in [1.82, 2.24) is 4.98 Å². The van der Waals surface area contributed by atoms with Crippen molar-refractivity contribution in [2.75, 3.05) is 11.9 Å². The second-order valence-corrected chi connectivity index (χ2v) is 5.81. The zero-order chi connectivity index (χ0) is 14.8. The first-order chi connectivity index (χ1) is 10.1. The molecule has 1 amide bonds. The fourth-order valence-electron chi connectivity index (χ4n) is 1.93. The van der Waals surface area contributed by atoms with Crippen LogP contribution in [0.5, 0.6) is 5.75 Å². The maximum atomic E-state index is 12.2. The number of rotatable bonds is 2. The van der Waals surface area contributed by atoms with Crippen molar-refractivity contribution in [3.05, 3.63) is 57.2 Å². The Morgan fingerprint density at radius 3 is 2.95 bits per heavy atom. The van der Waals surface area contributed by atoms with E-state index in [1.807, 2.05) is 24.3 Å². The second kappa shape index (κ2) is 5.87. The Morgan fingerprint density at radius 2 is 2.19 bits per heavy atom. The molecule has 2 heterocycles. The number of ether oxygens (including phenoxy) is 1. The molecule has 0 spiro atoms. The van der Waals surface area contributed by atoms with Gasteiger partial charge in [-0.3, -0.25) is 4.79 Å². The third kappa shape index (κ3) is 3.25. The van der Waals surface area contributed by atoms with E-state index in [9.17, 15) is 4.79 Å². The molecule has 1 aliphatic rings. The highest BCUT2D eigenvalue weighted by Gasteiger charge is 2.17. The van der Waals surface area contributed by atoms with Gasteiger partial charge in [-0.15, -0.1) is 0 Å². The third-order valence-electron chi connectivity index (χ3n) is 2.95. The van der Waals surface area contributed by atoms with Gasteiger partial charge >= 0.3 is 0 Å². The van der Waals surface area contributed by atoms with E-state index in [1.54, 1.807) is 12.1 Å². The quantitative estimate of drug-likeness (QED) is 0.878. The normalized spacial score (nSPS) is 13.0. The number of nitrogens with one attached hydrogen (secondary N) is 1. The minimum atomic E-state index is -0.240. The van der Waals surface area contributed by atoms with Crippen LogP contribution in [0.3, 0.4) is 0 Å². The standard InChI is InChI=1S/C15H10BrClN2O2/c16-11-1-3-13-9(6-11)5-10(8-21-13)15(20)19-14-4-2-12(17)7-18-14/h1-7H,8H2,(H,18,19,20). The summed E-state index contributed by atoms with van der Waals surface area (Å²) in [5, 5.41) is 3.24. The Balaban J connectivity index is 1.81. The summed E-state index contributed by atoms with van der Waals surface area (Å²) in [5.41, 5.74) is 1.40. The number of carbonyl (C=O) groups is 1. The van der Waals surface area contributed by atoms with Gasteiger partial charge in [-0.2, -0.15) is 0 Å². The van der Waals surface area contributed by atoms with Crippen LogP contribution in [0.1, 0.15) is 5.56 Å². The predicted molar refractivity (Wildman–Crippen MR) is 85.5 cm³/mol. The first kappa shape index (κ1) is 14.1. The Labute approximate surface area is 134 Å². The Hall–Kier alpha value is -1.85. The van der Waals surface area contributed by atoms with Crippen LogP contribution in [-0.2, 0) is 4.79 Å². The molecule has 0 unspecified atom stereocenters. The van der Waals surface area contributed by atoms with E-state index >= 15 is 0 Å². The van der Waals surface area contributed by atoms with Crippen molar-refractivity contribution in [3.8, 4) is 5.75 Å². The van der Waals surface area contributed by atoms with Gasteiger partial charge in [-0.05, 0) is 36.4 Å². The molecule has 3 rings (SSSR count). The molecule has 0 fully saturated rings. The van der Waals surface area contributed by atoms with Crippen LogP contribution in [0.25, 0.3) is 6.08 Å². The first-order valence-electron chi connectivity index (χ1n) is 6.17. The number of hydrogen-bond donors (Lipinski definition) is 1. The number of nitrogens with zero attached hydrogens (tertiary/aromatic N) is 1. The van der Waals surface area contributed by atoms with Gasteiger partial charge in [0.2, 0.25) is 0 Å². The third-order valence-corrected chi connectivity index (χ3v) is 3.66. The Bertz CT molecular complexity index is 729. The molecule has 1 N–H and O–H groups in total. The molecule has 0 saturated carbocycles. The summed E-state index contributed by atoms with van der Waals surface area (Å²) in [6, 6.07) is 8.99. The van der Waals surface area contributed by atoms with Crippen molar-refractivity contribution in [2.45, 2.75) is 0 Å². The average molecular weight is 366 g/mol. The highest BCUT2D eigenvalue weighted by molar-refractivity contribution is 9.10. The molecular formula is C15H10BrClN2O2.